The number of hydrogen-bond donors (Lipinski definition) is 1. The first kappa shape index (κ1) is 18.6. The molecule has 28 heavy (non-hydrogen) atoms. The fraction of sp³-hybridized carbons (Fsp3) is 0.450. The van der Waals surface area contributed by atoms with Crippen LogP contribution in [-0.2, 0) is 17.6 Å². The van der Waals surface area contributed by atoms with E-state index in [1.165, 1.54) is 12.1 Å². The van der Waals surface area contributed by atoms with Gasteiger partial charge < -0.3 is 19.9 Å². The topological polar surface area (TPSA) is 70.6 Å². The number of halogens is 1. The van der Waals surface area contributed by atoms with E-state index in [0.29, 0.717) is 38.4 Å². The molecular weight excluding hydrogens is 361 g/mol. The molecule has 2 aromatic rings. The van der Waals surface area contributed by atoms with Gasteiger partial charge >= 0.3 is 6.03 Å². The molecule has 0 radical (unpaired) electrons. The van der Waals surface area contributed by atoms with E-state index in [-0.39, 0.29) is 11.8 Å². The van der Waals surface area contributed by atoms with Gasteiger partial charge in [0.25, 0.3) is 0 Å². The van der Waals surface area contributed by atoms with Crippen molar-refractivity contribution in [3.05, 3.63) is 47.0 Å². The summed E-state index contributed by atoms with van der Waals surface area (Å²) in [6.45, 7) is 6.17. The summed E-state index contributed by atoms with van der Waals surface area (Å²) in [6, 6.07) is 5.60. The SMILES string of the molecule is Cc1nc(N2CCOCC2)nc2c1CCN(C(=O)Nc1ccc(F)cc1)CC2. The molecule has 7 nitrogen and oxygen atoms in total. The smallest absolute Gasteiger partial charge is 0.321 e. The normalized spacial score (nSPS) is 17.1. The molecule has 2 amide bonds. The average Bonchev–Trinajstić information content (AvgIpc) is 2.93. The van der Waals surface area contributed by atoms with Crippen molar-refractivity contribution in [1.29, 1.82) is 0 Å². The van der Waals surface area contributed by atoms with Crippen LogP contribution in [0.5, 0.6) is 0 Å². The molecule has 3 heterocycles. The summed E-state index contributed by atoms with van der Waals surface area (Å²) >= 11 is 0. The maximum atomic E-state index is 13.0. The number of fused-ring (bicyclic) bond motifs is 1. The van der Waals surface area contributed by atoms with E-state index in [2.05, 4.69) is 10.2 Å². The number of morpholine rings is 1. The van der Waals surface area contributed by atoms with E-state index < -0.39 is 0 Å². The minimum atomic E-state index is -0.326. The van der Waals surface area contributed by atoms with Crippen molar-refractivity contribution in [2.24, 2.45) is 0 Å². The Balaban J connectivity index is 1.46. The van der Waals surface area contributed by atoms with Gasteiger partial charge in [-0.2, -0.15) is 0 Å². The monoisotopic (exact) mass is 385 g/mol. The zero-order valence-corrected chi connectivity index (χ0v) is 15.9. The van der Waals surface area contributed by atoms with Gasteiger partial charge in [-0.05, 0) is 43.2 Å². The Hall–Kier alpha value is -2.74. The van der Waals surface area contributed by atoms with E-state index >= 15 is 0 Å². The molecule has 0 unspecified atom stereocenters. The fourth-order valence-corrected chi connectivity index (χ4v) is 3.61. The Bertz CT molecular complexity index is 852. The van der Waals surface area contributed by atoms with Gasteiger partial charge in [-0.3, -0.25) is 0 Å². The van der Waals surface area contributed by atoms with Crippen LogP contribution in [0.1, 0.15) is 17.0 Å². The molecule has 148 valence electrons. The third kappa shape index (κ3) is 4.06. The molecule has 1 saturated heterocycles. The number of benzene rings is 1. The molecule has 1 fully saturated rings. The molecule has 0 saturated carbocycles. The van der Waals surface area contributed by atoms with Gasteiger partial charge in [-0.1, -0.05) is 0 Å². The second-order valence-electron chi connectivity index (χ2n) is 7.06. The van der Waals surface area contributed by atoms with Crippen molar-refractivity contribution >= 4 is 17.7 Å². The highest BCUT2D eigenvalue weighted by Gasteiger charge is 2.23. The lowest BCUT2D eigenvalue weighted by molar-refractivity contribution is 0.122. The molecule has 8 heteroatoms. The molecule has 0 aliphatic carbocycles. The van der Waals surface area contributed by atoms with Crippen molar-refractivity contribution in [3.63, 3.8) is 0 Å². The first-order chi connectivity index (χ1) is 13.6. The molecule has 2 aliphatic heterocycles. The predicted molar refractivity (Wildman–Crippen MR) is 104 cm³/mol. The van der Waals surface area contributed by atoms with Crippen molar-refractivity contribution in [1.82, 2.24) is 14.9 Å². The number of ether oxygens (including phenoxy) is 1. The number of aromatic nitrogens is 2. The van der Waals surface area contributed by atoms with E-state index in [1.807, 2.05) is 6.92 Å². The third-order valence-electron chi connectivity index (χ3n) is 5.21. The van der Waals surface area contributed by atoms with Gasteiger partial charge in [0.05, 0.1) is 18.9 Å². The maximum Gasteiger partial charge on any atom is 0.321 e. The Morgan fingerprint density at radius 1 is 1.07 bits per heavy atom. The highest BCUT2D eigenvalue weighted by atomic mass is 19.1. The second-order valence-corrected chi connectivity index (χ2v) is 7.06. The van der Waals surface area contributed by atoms with Crippen LogP contribution >= 0.6 is 0 Å². The summed E-state index contributed by atoms with van der Waals surface area (Å²) in [4.78, 5) is 26.1. The Labute approximate surface area is 163 Å². The summed E-state index contributed by atoms with van der Waals surface area (Å²) in [7, 11) is 0. The molecule has 1 aromatic carbocycles. The predicted octanol–water partition coefficient (Wildman–Crippen LogP) is 2.39. The summed E-state index contributed by atoms with van der Waals surface area (Å²) < 4.78 is 18.5. The van der Waals surface area contributed by atoms with Crippen LogP contribution in [-0.4, -0.2) is 60.3 Å². The van der Waals surface area contributed by atoms with Crippen molar-refractivity contribution in [2.75, 3.05) is 49.6 Å². The van der Waals surface area contributed by atoms with Crippen molar-refractivity contribution in [3.8, 4) is 0 Å². The van der Waals surface area contributed by atoms with Crippen LogP contribution in [0.3, 0.4) is 0 Å². The minimum Gasteiger partial charge on any atom is -0.378 e. The molecule has 0 bridgehead atoms. The first-order valence-corrected chi connectivity index (χ1v) is 9.61. The van der Waals surface area contributed by atoms with E-state index in [9.17, 15) is 9.18 Å². The first-order valence-electron chi connectivity index (χ1n) is 9.61. The number of anilines is 2. The van der Waals surface area contributed by atoms with E-state index in [1.54, 1.807) is 17.0 Å². The Morgan fingerprint density at radius 3 is 2.54 bits per heavy atom. The molecule has 2 aliphatic rings. The van der Waals surface area contributed by atoms with Crippen molar-refractivity contribution < 1.29 is 13.9 Å². The minimum absolute atomic E-state index is 0.182. The lowest BCUT2D eigenvalue weighted by Crippen LogP contribution is -2.37. The molecule has 1 aromatic heterocycles. The number of amides is 2. The Kier molecular flexibility index (Phi) is 5.38. The number of nitrogens with one attached hydrogen (secondary N) is 1. The highest BCUT2D eigenvalue weighted by Crippen LogP contribution is 2.21. The van der Waals surface area contributed by atoms with Crippen LogP contribution in [0.4, 0.5) is 20.8 Å². The zero-order valence-electron chi connectivity index (χ0n) is 15.9. The van der Waals surface area contributed by atoms with Crippen LogP contribution in [0, 0.1) is 12.7 Å². The lowest BCUT2D eigenvalue weighted by atomic mass is 10.1. The second kappa shape index (κ2) is 8.10. The molecule has 0 spiro atoms. The van der Waals surface area contributed by atoms with Crippen LogP contribution in [0.15, 0.2) is 24.3 Å². The number of hydrogen-bond acceptors (Lipinski definition) is 5. The van der Waals surface area contributed by atoms with Crippen LogP contribution < -0.4 is 10.2 Å². The molecule has 1 N–H and O–H groups in total. The standard InChI is InChI=1S/C20H24FN5O2/c1-14-17-6-8-26(20(27)23-16-4-2-15(21)3-5-16)9-7-18(17)24-19(22-14)25-10-12-28-13-11-25/h2-5H,6-13H2,1H3,(H,23,27). The quantitative estimate of drug-likeness (QED) is 0.860. The average molecular weight is 385 g/mol. The Morgan fingerprint density at radius 2 is 1.79 bits per heavy atom. The van der Waals surface area contributed by atoms with Gasteiger partial charge in [-0.25, -0.2) is 19.2 Å². The largest absolute Gasteiger partial charge is 0.378 e. The number of aryl methyl sites for hydroxylation is 1. The van der Waals surface area contributed by atoms with Crippen molar-refractivity contribution in [2.45, 2.75) is 19.8 Å². The van der Waals surface area contributed by atoms with Gasteiger partial charge in [0.1, 0.15) is 5.82 Å². The third-order valence-corrected chi connectivity index (χ3v) is 5.21. The lowest BCUT2D eigenvalue weighted by Gasteiger charge is -2.27. The zero-order chi connectivity index (χ0) is 19.5. The number of nitrogens with zero attached hydrogens (tertiary/aromatic N) is 4. The van der Waals surface area contributed by atoms with Gasteiger partial charge in [0.15, 0.2) is 0 Å². The highest BCUT2D eigenvalue weighted by molar-refractivity contribution is 5.89. The number of carbonyl (C=O) groups excluding carboxylic acids is 1. The van der Waals surface area contributed by atoms with Crippen LogP contribution in [0.2, 0.25) is 0 Å². The van der Waals surface area contributed by atoms with Gasteiger partial charge in [0.2, 0.25) is 5.95 Å². The number of rotatable bonds is 2. The molecule has 4 rings (SSSR count). The van der Waals surface area contributed by atoms with E-state index in [4.69, 9.17) is 14.7 Å². The summed E-state index contributed by atoms with van der Waals surface area (Å²) in [5, 5.41) is 2.83. The maximum absolute atomic E-state index is 13.0. The summed E-state index contributed by atoms with van der Waals surface area (Å²) in [5.41, 5.74) is 3.71. The molecule has 0 atom stereocenters. The van der Waals surface area contributed by atoms with Gasteiger partial charge in [0, 0.05) is 44.0 Å². The van der Waals surface area contributed by atoms with Crippen LogP contribution in [0.25, 0.3) is 0 Å². The summed E-state index contributed by atoms with van der Waals surface area (Å²) in [6.07, 6.45) is 1.41. The summed E-state index contributed by atoms with van der Waals surface area (Å²) in [5.74, 6) is 0.428. The van der Waals surface area contributed by atoms with Gasteiger partial charge in [-0.15, -0.1) is 0 Å². The van der Waals surface area contributed by atoms with E-state index in [0.717, 1.165) is 42.4 Å². The number of urea groups is 1. The fourth-order valence-electron chi connectivity index (χ4n) is 3.61. The number of carbonyl (C=O) groups is 1. The molecular formula is C20H24FN5O2.